The molecule has 27 heavy (non-hydrogen) atoms. The van der Waals surface area contributed by atoms with Gasteiger partial charge < -0.3 is 9.64 Å². The van der Waals surface area contributed by atoms with E-state index in [-0.39, 0.29) is 17.5 Å². The zero-order chi connectivity index (χ0) is 19.1. The monoisotopic (exact) mass is 393 g/mol. The molecule has 6 heteroatoms. The van der Waals surface area contributed by atoms with Gasteiger partial charge in [-0.3, -0.25) is 14.6 Å². The summed E-state index contributed by atoms with van der Waals surface area (Å²) in [5.41, 5.74) is 1.37. The summed E-state index contributed by atoms with van der Waals surface area (Å²) in [6, 6.07) is 10.9. The SMILES string of the molecule is CCC(=O)N(CCl)CC1(N2CCN(Cc3ccccc3)CC2)CCOCC1. The Morgan fingerprint density at radius 3 is 2.41 bits per heavy atom. The van der Waals surface area contributed by atoms with E-state index in [2.05, 4.69) is 40.1 Å². The number of amides is 1. The number of rotatable bonds is 7. The van der Waals surface area contributed by atoms with Gasteiger partial charge in [0.2, 0.25) is 5.91 Å². The number of hydrogen-bond donors (Lipinski definition) is 0. The summed E-state index contributed by atoms with van der Waals surface area (Å²) >= 11 is 6.12. The summed E-state index contributed by atoms with van der Waals surface area (Å²) < 4.78 is 5.64. The van der Waals surface area contributed by atoms with E-state index in [0.29, 0.717) is 13.0 Å². The van der Waals surface area contributed by atoms with Crippen molar-refractivity contribution in [3.05, 3.63) is 35.9 Å². The molecule has 3 rings (SSSR count). The average molecular weight is 394 g/mol. The van der Waals surface area contributed by atoms with E-state index in [1.54, 1.807) is 0 Å². The van der Waals surface area contributed by atoms with Crippen LogP contribution in [0.3, 0.4) is 0 Å². The number of alkyl halides is 1. The van der Waals surface area contributed by atoms with E-state index in [9.17, 15) is 4.79 Å². The Morgan fingerprint density at radius 1 is 1.15 bits per heavy atom. The summed E-state index contributed by atoms with van der Waals surface area (Å²) in [7, 11) is 0. The van der Waals surface area contributed by atoms with Crippen molar-refractivity contribution in [1.82, 2.24) is 14.7 Å². The normalized spacial score (nSPS) is 21.1. The highest BCUT2D eigenvalue weighted by Crippen LogP contribution is 2.31. The van der Waals surface area contributed by atoms with E-state index >= 15 is 0 Å². The number of carbonyl (C=O) groups excluding carboxylic acids is 1. The van der Waals surface area contributed by atoms with Crippen LogP contribution in [0.5, 0.6) is 0 Å². The van der Waals surface area contributed by atoms with Crippen LogP contribution in [0, 0.1) is 0 Å². The lowest BCUT2D eigenvalue weighted by Crippen LogP contribution is -2.63. The van der Waals surface area contributed by atoms with Crippen LogP contribution in [0.2, 0.25) is 0 Å². The lowest BCUT2D eigenvalue weighted by atomic mass is 9.86. The number of benzene rings is 1. The second-order valence-electron chi connectivity index (χ2n) is 7.65. The summed E-state index contributed by atoms with van der Waals surface area (Å²) in [5, 5.41) is 0. The minimum atomic E-state index is -0.00317. The van der Waals surface area contributed by atoms with Gasteiger partial charge >= 0.3 is 0 Å². The molecule has 0 saturated carbocycles. The highest BCUT2D eigenvalue weighted by molar-refractivity contribution is 6.18. The van der Waals surface area contributed by atoms with Gasteiger partial charge in [0.15, 0.2) is 0 Å². The molecular weight excluding hydrogens is 362 g/mol. The lowest BCUT2D eigenvalue weighted by molar-refractivity contribution is -0.134. The molecule has 5 nitrogen and oxygen atoms in total. The summed E-state index contributed by atoms with van der Waals surface area (Å²) in [6.07, 6.45) is 2.44. The zero-order valence-electron chi connectivity index (χ0n) is 16.4. The second kappa shape index (κ2) is 9.87. The van der Waals surface area contributed by atoms with Crippen molar-refractivity contribution in [1.29, 1.82) is 0 Å². The molecule has 0 spiro atoms. The zero-order valence-corrected chi connectivity index (χ0v) is 17.2. The van der Waals surface area contributed by atoms with E-state index in [1.807, 2.05) is 11.8 Å². The number of carbonyl (C=O) groups is 1. The smallest absolute Gasteiger partial charge is 0.223 e. The Labute approximate surface area is 168 Å². The molecule has 2 fully saturated rings. The minimum Gasteiger partial charge on any atom is -0.381 e. The Morgan fingerprint density at radius 2 is 1.81 bits per heavy atom. The van der Waals surface area contributed by atoms with E-state index < -0.39 is 0 Å². The third-order valence-corrected chi connectivity index (χ3v) is 6.29. The summed E-state index contributed by atoms with van der Waals surface area (Å²) in [5.74, 6) is 0.138. The van der Waals surface area contributed by atoms with Crippen molar-refractivity contribution < 1.29 is 9.53 Å². The molecule has 0 bridgehead atoms. The first-order valence-electron chi connectivity index (χ1n) is 10.1. The number of hydrogen-bond acceptors (Lipinski definition) is 4. The van der Waals surface area contributed by atoms with Crippen LogP contribution in [0.15, 0.2) is 30.3 Å². The third-order valence-electron chi connectivity index (χ3n) is 6.00. The maximum atomic E-state index is 12.3. The van der Waals surface area contributed by atoms with Gasteiger partial charge in [0.05, 0.1) is 6.00 Å². The van der Waals surface area contributed by atoms with Crippen LogP contribution in [0.1, 0.15) is 31.7 Å². The molecule has 2 aliphatic rings. The third kappa shape index (κ3) is 5.23. The van der Waals surface area contributed by atoms with Gasteiger partial charge in [0.25, 0.3) is 0 Å². The maximum absolute atomic E-state index is 12.3. The molecule has 0 aromatic heterocycles. The van der Waals surface area contributed by atoms with E-state index in [1.165, 1.54) is 5.56 Å². The molecule has 2 saturated heterocycles. The lowest BCUT2D eigenvalue weighted by Gasteiger charge is -2.51. The van der Waals surface area contributed by atoms with Crippen molar-refractivity contribution in [2.24, 2.45) is 0 Å². The number of halogens is 1. The first-order chi connectivity index (χ1) is 13.2. The molecule has 2 heterocycles. The van der Waals surface area contributed by atoms with Crippen molar-refractivity contribution in [3.8, 4) is 0 Å². The highest BCUT2D eigenvalue weighted by Gasteiger charge is 2.41. The fraction of sp³-hybridized carbons (Fsp3) is 0.667. The van der Waals surface area contributed by atoms with Gasteiger partial charge in [-0.05, 0) is 18.4 Å². The molecule has 0 radical (unpaired) electrons. The Hall–Kier alpha value is -1.14. The Kier molecular flexibility index (Phi) is 7.53. The second-order valence-corrected chi connectivity index (χ2v) is 7.89. The molecule has 0 atom stereocenters. The van der Waals surface area contributed by atoms with Crippen molar-refractivity contribution in [3.63, 3.8) is 0 Å². The van der Waals surface area contributed by atoms with Crippen molar-refractivity contribution >= 4 is 17.5 Å². The topological polar surface area (TPSA) is 36.0 Å². The van der Waals surface area contributed by atoms with Gasteiger partial charge in [0.1, 0.15) is 0 Å². The molecule has 1 aromatic rings. The van der Waals surface area contributed by atoms with Crippen LogP contribution >= 0.6 is 11.6 Å². The number of ether oxygens (including phenoxy) is 1. The van der Waals surface area contributed by atoms with Crippen LogP contribution in [-0.2, 0) is 16.1 Å². The Balaban J connectivity index is 1.63. The minimum absolute atomic E-state index is 0.00317. The van der Waals surface area contributed by atoms with Gasteiger partial charge in [-0.15, -0.1) is 11.6 Å². The van der Waals surface area contributed by atoms with Gasteiger partial charge in [-0.1, -0.05) is 37.3 Å². The van der Waals surface area contributed by atoms with Crippen LogP contribution in [0.25, 0.3) is 0 Å². The molecule has 2 aliphatic heterocycles. The molecule has 0 unspecified atom stereocenters. The Bertz CT molecular complexity index is 584. The summed E-state index contributed by atoms with van der Waals surface area (Å²) in [6.45, 7) is 9.33. The van der Waals surface area contributed by atoms with Gasteiger partial charge in [-0.25, -0.2) is 0 Å². The predicted octanol–water partition coefficient (Wildman–Crippen LogP) is 2.79. The molecular formula is C21H32ClN3O2. The fourth-order valence-corrected chi connectivity index (χ4v) is 4.54. The molecule has 150 valence electrons. The molecule has 1 amide bonds. The molecule has 1 aromatic carbocycles. The van der Waals surface area contributed by atoms with E-state index in [4.69, 9.17) is 16.3 Å². The van der Waals surface area contributed by atoms with Crippen LogP contribution in [0.4, 0.5) is 0 Å². The standard InChI is InChI=1S/C21H32ClN3O2/c1-2-20(26)24(18-22)17-21(8-14-27-15-9-21)25-12-10-23(11-13-25)16-19-6-4-3-5-7-19/h3-7H,2,8-18H2,1H3. The highest BCUT2D eigenvalue weighted by atomic mass is 35.5. The number of nitrogens with zero attached hydrogens (tertiary/aromatic N) is 3. The molecule has 0 aliphatic carbocycles. The quantitative estimate of drug-likeness (QED) is 0.527. The molecule has 0 N–H and O–H groups in total. The van der Waals surface area contributed by atoms with Crippen molar-refractivity contribution in [2.75, 3.05) is 51.9 Å². The van der Waals surface area contributed by atoms with Gasteiger partial charge in [0, 0.05) is 64.4 Å². The van der Waals surface area contributed by atoms with E-state index in [0.717, 1.165) is 58.8 Å². The van der Waals surface area contributed by atoms with Crippen molar-refractivity contribution in [2.45, 2.75) is 38.3 Å². The van der Waals surface area contributed by atoms with Crippen LogP contribution < -0.4 is 0 Å². The van der Waals surface area contributed by atoms with Gasteiger partial charge in [-0.2, -0.15) is 0 Å². The van der Waals surface area contributed by atoms with Crippen LogP contribution in [-0.4, -0.2) is 78.1 Å². The predicted molar refractivity (Wildman–Crippen MR) is 109 cm³/mol. The number of piperazine rings is 1. The first-order valence-corrected chi connectivity index (χ1v) is 10.6. The fourth-order valence-electron chi connectivity index (χ4n) is 4.32. The first kappa shape index (κ1) is 20.6. The average Bonchev–Trinajstić information content (AvgIpc) is 2.73. The largest absolute Gasteiger partial charge is 0.381 e. The maximum Gasteiger partial charge on any atom is 0.223 e. The summed E-state index contributed by atoms with van der Waals surface area (Å²) in [4.78, 5) is 19.2.